The van der Waals surface area contributed by atoms with Gasteiger partial charge in [0.2, 0.25) is 11.8 Å². The number of rotatable bonds is 5. The van der Waals surface area contributed by atoms with E-state index in [-0.39, 0.29) is 30.1 Å². The fraction of sp³-hybridized carbons (Fsp3) is 0.300. The number of nitrogens with zero attached hydrogens (tertiary/aromatic N) is 8. The summed E-state index contributed by atoms with van der Waals surface area (Å²) in [6.07, 6.45) is 4.31. The van der Waals surface area contributed by atoms with Crippen molar-refractivity contribution >= 4 is 35.0 Å². The molecule has 4 aliphatic rings. The standard InChI is InChI=1S/C40H36FN9O3/c41-29-5-1-4-27(23-29)32-7-3-16-48(32)37-13-12-35-42-24-34(50(35)45-37)31-6-2-8-36(43-31)47-20-18-46(19-21-47)17-15-26-9-10-30-28(22-26)25-49(40(30)53)33-11-14-38(51)44-39(33)52/h1-2,4-6,8-10,12-13,22-24,32-33H,3,7,11,14,16,18-21,25H2,(H,44,51,52)/t32-,33?/m1/s1. The summed E-state index contributed by atoms with van der Waals surface area (Å²) in [5, 5.41) is 7.35. The van der Waals surface area contributed by atoms with Gasteiger partial charge in [0, 0.05) is 62.9 Å². The summed E-state index contributed by atoms with van der Waals surface area (Å²) in [6, 6.07) is 25.0. The second-order valence-electron chi connectivity index (χ2n) is 13.9. The minimum atomic E-state index is -0.639. The number of aromatic nitrogens is 4. The predicted octanol–water partition coefficient (Wildman–Crippen LogP) is 4.16. The zero-order valence-corrected chi connectivity index (χ0v) is 28.9. The maximum absolute atomic E-state index is 14.1. The normalized spacial score (nSPS) is 20.1. The van der Waals surface area contributed by atoms with E-state index >= 15 is 0 Å². The van der Waals surface area contributed by atoms with Crippen LogP contribution in [0.1, 0.15) is 58.8 Å². The lowest BCUT2D eigenvalue weighted by atomic mass is 10.0. The van der Waals surface area contributed by atoms with E-state index in [2.05, 4.69) is 37.0 Å². The molecule has 266 valence electrons. The molecule has 13 heteroatoms. The molecule has 2 atom stereocenters. The molecule has 2 aromatic carbocycles. The number of hydrogen-bond acceptors (Lipinski definition) is 9. The van der Waals surface area contributed by atoms with Gasteiger partial charge in [0.05, 0.1) is 17.9 Å². The highest BCUT2D eigenvalue weighted by molar-refractivity contribution is 6.05. The van der Waals surface area contributed by atoms with Crippen LogP contribution in [0, 0.1) is 17.8 Å². The number of anilines is 2. The van der Waals surface area contributed by atoms with Crippen LogP contribution in [0.25, 0.3) is 17.0 Å². The maximum atomic E-state index is 14.1. The molecule has 1 N–H and O–H groups in total. The van der Waals surface area contributed by atoms with Crippen molar-refractivity contribution in [3.05, 3.63) is 107 Å². The third-order valence-electron chi connectivity index (χ3n) is 10.6. The second kappa shape index (κ2) is 13.4. The average Bonchev–Trinajstić information content (AvgIpc) is 3.92. The molecule has 3 amide bonds. The van der Waals surface area contributed by atoms with Crippen LogP contribution in [-0.2, 0) is 16.1 Å². The molecule has 0 bridgehead atoms. The summed E-state index contributed by atoms with van der Waals surface area (Å²) in [7, 11) is 0. The lowest BCUT2D eigenvalue weighted by Gasteiger charge is -2.33. The Morgan fingerprint density at radius 1 is 0.830 bits per heavy atom. The number of fused-ring (bicyclic) bond motifs is 2. The van der Waals surface area contributed by atoms with Crippen LogP contribution in [0.2, 0.25) is 0 Å². The van der Waals surface area contributed by atoms with Gasteiger partial charge in [0.15, 0.2) is 5.65 Å². The second-order valence-corrected chi connectivity index (χ2v) is 13.9. The quantitative estimate of drug-likeness (QED) is 0.212. The van der Waals surface area contributed by atoms with E-state index in [1.807, 2.05) is 53.0 Å². The van der Waals surface area contributed by atoms with Crippen molar-refractivity contribution in [1.82, 2.24) is 34.7 Å². The van der Waals surface area contributed by atoms with E-state index in [0.29, 0.717) is 18.5 Å². The zero-order chi connectivity index (χ0) is 36.1. The Hall–Kier alpha value is -6.29. The third-order valence-corrected chi connectivity index (χ3v) is 10.6. The molecule has 0 aliphatic carbocycles. The number of carbonyl (C=O) groups excluding carboxylic acids is 3. The minimum Gasteiger partial charge on any atom is -0.353 e. The summed E-state index contributed by atoms with van der Waals surface area (Å²) in [5.41, 5.74) is 5.47. The SMILES string of the molecule is O=C1CCC(N2Cc3cc(C#CN4CCN(c5cccc(-c6cnc7ccc(N8CCC[C@@H]8c8cccc(F)c8)nn67)n5)CC4)ccc3C2=O)C(=O)N1. The van der Waals surface area contributed by atoms with Crippen molar-refractivity contribution in [2.75, 3.05) is 42.5 Å². The van der Waals surface area contributed by atoms with Gasteiger partial charge in [0.25, 0.3) is 5.91 Å². The molecule has 0 spiro atoms. The van der Waals surface area contributed by atoms with Crippen LogP contribution in [0.5, 0.6) is 0 Å². The number of hydrogen-bond donors (Lipinski definition) is 1. The highest BCUT2D eigenvalue weighted by Gasteiger charge is 2.39. The first kappa shape index (κ1) is 32.6. The van der Waals surface area contributed by atoms with Gasteiger partial charge in [-0.1, -0.05) is 18.2 Å². The van der Waals surface area contributed by atoms with Gasteiger partial charge in [-0.25, -0.2) is 18.9 Å². The number of piperidine rings is 1. The van der Waals surface area contributed by atoms with Gasteiger partial charge in [-0.2, -0.15) is 0 Å². The Morgan fingerprint density at radius 3 is 2.55 bits per heavy atom. The summed E-state index contributed by atoms with van der Waals surface area (Å²) in [5.74, 6) is 3.81. The van der Waals surface area contributed by atoms with Crippen molar-refractivity contribution < 1.29 is 18.8 Å². The summed E-state index contributed by atoms with van der Waals surface area (Å²) in [4.78, 5) is 54.8. The number of halogens is 1. The zero-order valence-electron chi connectivity index (χ0n) is 28.9. The first-order chi connectivity index (χ1) is 25.9. The molecule has 0 radical (unpaired) electrons. The van der Waals surface area contributed by atoms with Gasteiger partial charge >= 0.3 is 0 Å². The van der Waals surface area contributed by atoms with Crippen molar-refractivity contribution in [2.45, 2.75) is 44.3 Å². The van der Waals surface area contributed by atoms with Gasteiger partial charge < -0.3 is 19.6 Å². The van der Waals surface area contributed by atoms with Crippen molar-refractivity contribution in [3.8, 4) is 23.4 Å². The number of imidazole rings is 1. The lowest BCUT2D eigenvalue weighted by Crippen LogP contribution is -2.52. The van der Waals surface area contributed by atoms with Gasteiger partial charge in [0.1, 0.15) is 29.2 Å². The molecule has 1 unspecified atom stereocenters. The maximum Gasteiger partial charge on any atom is 0.255 e. The van der Waals surface area contributed by atoms with E-state index in [0.717, 1.165) is 90.9 Å². The molecule has 7 heterocycles. The molecule has 4 aliphatic heterocycles. The Kier molecular flexibility index (Phi) is 8.22. The number of piperazine rings is 1. The number of nitrogens with one attached hydrogen (secondary N) is 1. The highest BCUT2D eigenvalue weighted by Crippen LogP contribution is 2.36. The molecule has 12 nitrogen and oxygen atoms in total. The minimum absolute atomic E-state index is 0.0596. The van der Waals surface area contributed by atoms with E-state index in [4.69, 9.17) is 10.1 Å². The Labute approximate surface area is 305 Å². The molecule has 5 aromatic rings. The molecule has 9 rings (SSSR count). The summed E-state index contributed by atoms with van der Waals surface area (Å²) in [6.45, 7) is 4.12. The topological polar surface area (TPSA) is 119 Å². The van der Waals surface area contributed by atoms with Crippen LogP contribution in [0.15, 0.2) is 79.0 Å². The largest absolute Gasteiger partial charge is 0.353 e. The van der Waals surface area contributed by atoms with Crippen LogP contribution < -0.4 is 15.1 Å². The van der Waals surface area contributed by atoms with Crippen molar-refractivity contribution in [1.29, 1.82) is 0 Å². The van der Waals surface area contributed by atoms with Crippen LogP contribution in [-0.4, -0.2) is 85.9 Å². The number of carbonyl (C=O) groups is 3. The molecule has 3 aromatic heterocycles. The van der Waals surface area contributed by atoms with Crippen LogP contribution >= 0.6 is 0 Å². The van der Waals surface area contributed by atoms with Crippen LogP contribution in [0.4, 0.5) is 16.0 Å². The van der Waals surface area contributed by atoms with Crippen LogP contribution in [0.3, 0.4) is 0 Å². The average molecular weight is 710 g/mol. The summed E-state index contributed by atoms with van der Waals surface area (Å²) < 4.78 is 15.9. The number of amides is 3. The first-order valence-electron chi connectivity index (χ1n) is 18.0. The van der Waals surface area contributed by atoms with Gasteiger partial charge in [-0.3, -0.25) is 19.7 Å². The first-order valence-corrected chi connectivity index (χ1v) is 18.0. The third kappa shape index (κ3) is 6.20. The van der Waals surface area contributed by atoms with E-state index in [1.165, 1.54) is 6.07 Å². The molecule has 3 fully saturated rings. The Morgan fingerprint density at radius 2 is 1.70 bits per heavy atom. The molecule has 53 heavy (non-hydrogen) atoms. The lowest BCUT2D eigenvalue weighted by molar-refractivity contribution is -0.136. The molecule has 3 saturated heterocycles. The number of imide groups is 1. The number of benzene rings is 2. The van der Waals surface area contributed by atoms with E-state index in [1.54, 1.807) is 29.3 Å². The predicted molar refractivity (Wildman–Crippen MR) is 195 cm³/mol. The molecule has 0 saturated carbocycles. The monoisotopic (exact) mass is 709 g/mol. The van der Waals surface area contributed by atoms with Crippen molar-refractivity contribution in [2.24, 2.45) is 0 Å². The summed E-state index contributed by atoms with van der Waals surface area (Å²) >= 11 is 0. The van der Waals surface area contributed by atoms with E-state index < -0.39 is 11.9 Å². The van der Waals surface area contributed by atoms with Gasteiger partial charge in [-0.05, 0) is 90.9 Å². The Bertz CT molecular complexity index is 2340. The van der Waals surface area contributed by atoms with Crippen molar-refractivity contribution in [3.63, 3.8) is 0 Å². The highest BCUT2D eigenvalue weighted by atomic mass is 19.1. The fourth-order valence-electron chi connectivity index (χ4n) is 7.88. The smallest absolute Gasteiger partial charge is 0.255 e. The molecular weight excluding hydrogens is 673 g/mol. The van der Waals surface area contributed by atoms with E-state index in [9.17, 15) is 18.8 Å². The Balaban J connectivity index is 0.865. The number of pyridine rings is 1. The fourth-order valence-corrected chi connectivity index (χ4v) is 7.88. The molecular formula is C40H36FN9O3. The van der Waals surface area contributed by atoms with Gasteiger partial charge in [-0.15, -0.1) is 5.10 Å².